The summed E-state index contributed by atoms with van der Waals surface area (Å²) in [6.45, 7) is 1.90. The van der Waals surface area contributed by atoms with Gasteiger partial charge in [-0.3, -0.25) is 4.98 Å². The van der Waals surface area contributed by atoms with Gasteiger partial charge in [0.05, 0.1) is 17.5 Å². The molecule has 0 saturated carbocycles. The van der Waals surface area contributed by atoms with Crippen LogP contribution in [0.5, 0.6) is 0 Å². The summed E-state index contributed by atoms with van der Waals surface area (Å²) in [6, 6.07) is 12.1. The van der Waals surface area contributed by atoms with Crippen LogP contribution in [0.1, 0.15) is 18.4 Å². The van der Waals surface area contributed by atoms with Crippen LogP contribution in [-0.2, 0) is 0 Å². The Morgan fingerprint density at radius 3 is 3.00 bits per heavy atom. The predicted molar refractivity (Wildman–Crippen MR) is 55.8 cm³/mol. The molecule has 1 aromatic carbocycles. The van der Waals surface area contributed by atoms with E-state index in [-0.39, 0.29) is 5.92 Å². The number of aromatic nitrogens is 1. The van der Waals surface area contributed by atoms with Crippen molar-refractivity contribution in [2.45, 2.75) is 12.8 Å². The van der Waals surface area contributed by atoms with Gasteiger partial charge in [0, 0.05) is 11.6 Å². The second-order valence-electron chi connectivity index (χ2n) is 3.31. The Balaban J connectivity index is 2.58. The number of hydrogen-bond acceptors (Lipinski definition) is 2. The van der Waals surface area contributed by atoms with Crippen LogP contribution in [0, 0.1) is 11.3 Å². The second-order valence-corrected chi connectivity index (χ2v) is 3.31. The zero-order valence-corrected chi connectivity index (χ0v) is 7.94. The summed E-state index contributed by atoms with van der Waals surface area (Å²) in [4.78, 5) is 4.22. The van der Waals surface area contributed by atoms with Crippen molar-refractivity contribution in [1.82, 2.24) is 4.98 Å². The maximum Gasteiger partial charge on any atom is 0.0702 e. The quantitative estimate of drug-likeness (QED) is 0.680. The van der Waals surface area contributed by atoms with E-state index >= 15 is 0 Å². The Hall–Kier alpha value is -1.88. The summed E-state index contributed by atoms with van der Waals surface area (Å²) in [5.41, 5.74) is 2.02. The van der Waals surface area contributed by atoms with E-state index in [0.29, 0.717) is 0 Å². The summed E-state index contributed by atoms with van der Waals surface area (Å²) in [7, 11) is 0. The van der Waals surface area contributed by atoms with Crippen molar-refractivity contribution in [2.24, 2.45) is 0 Å². The summed E-state index contributed by atoms with van der Waals surface area (Å²) in [6.07, 6.45) is 1.77. The monoisotopic (exact) mass is 182 g/mol. The Bertz CT molecular complexity index is 497. The molecule has 0 bridgehead atoms. The predicted octanol–water partition coefficient (Wildman–Crippen LogP) is 2.86. The molecule has 0 radical (unpaired) electrons. The van der Waals surface area contributed by atoms with Gasteiger partial charge < -0.3 is 0 Å². The van der Waals surface area contributed by atoms with Crippen molar-refractivity contribution in [3.05, 3.63) is 42.1 Å². The molecule has 1 atom stereocenters. The third-order valence-corrected chi connectivity index (χ3v) is 2.32. The SMILES string of the molecule is CC(C#N)c1ccc2ncccc2c1. The van der Waals surface area contributed by atoms with E-state index < -0.39 is 0 Å². The fourth-order valence-electron chi connectivity index (χ4n) is 1.44. The van der Waals surface area contributed by atoms with Crippen LogP contribution in [0.2, 0.25) is 0 Å². The third-order valence-electron chi connectivity index (χ3n) is 2.32. The molecule has 0 saturated heterocycles. The molecule has 0 spiro atoms. The average molecular weight is 182 g/mol. The number of pyridine rings is 1. The standard InChI is InChI=1S/C12H10N2/c1-9(8-13)10-4-5-12-11(7-10)3-2-6-14-12/h2-7,9H,1H3. The lowest BCUT2D eigenvalue weighted by molar-refractivity contribution is 0.984. The molecule has 0 aliphatic heterocycles. The van der Waals surface area contributed by atoms with E-state index in [2.05, 4.69) is 11.1 Å². The molecule has 2 rings (SSSR count). The Morgan fingerprint density at radius 1 is 1.36 bits per heavy atom. The van der Waals surface area contributed by atoms with Gasteiger partial charge in [-0.1, -0.05) is 12.1 Å². The van der Waals surface area contributed by atoms with Gasteiger partial charge in [-0.05, 0) is 30.7 Å². The van der Waals surface area contributed by atoms with Crippen LogP contribution in [0.3, 0.4) is 0 Å². The third kappa shape index (κ3) is 1.45. The van der Waals surface area contributed by atoms with Crippen molar-refractivity contribution < 1.29 is 0 Å². The van der Waals surface area contributed by atoms with E-state index in [9.17, 15) is 0 Å². The van der Waals surface area contributed by atoms with Crippen LogP contribution >= 0.6 is 0 Å². The highest BCUT2D eigenvalue weighted by Gasteiger charge is 2.03. The molecule has 1 unspecified atom stereocenters. The van der Waals surface area contributed by atoms with Crippen LogP contribution in [0.4, 0.5) is 0 Å². The molecule has 2 nitrogen and oxygen atoms in total. The first-order valence-electron chi connectivity index (χ1n) is 4.55. The van der Waals surface area contributed by atoms with Gasteiger partial charge in [0.15, 0.2) is 0 Å². The number of nitriles is 1. The normalized spacial score (nSPS) is 12.3. The molecule has 2 heteroatoms. The zero-order valence-electron chi connectivity index (χ0n) is 7.94. The van der Waals surface area contributed by atoms with Crippen LogP contribution in [-0.4, -0.2) is 4.98 Å². The van der Waals surface area contributed by atoms with E-state index in [1.807, 2.05) is 37.3 Å². The first kappa shape index (κ1) is 8.71. The first-order chi connectivity index (χ1) is 6.81. The van der Waals surface area contributed by atoms with E-state index in [1.54, 1.807) is 6.20 Å². The molecular weight excluding hydrogens is 172 g/mol. The minimum absolute atomic E-state index is 0.0559. The highest BCUT2D eigenvalue weighted by molar-refractivity contribution is 5.79. The van der Waals surface area contributed by atoms with Gasteiger partial charge in [0.25, 0.3) is 0 Å². The fraction of sp³-hybridized carbons (Fsp3) is 0.167. The van der Waals surface area contributed by atoms with Gasteiger partial charge in [-0.25, -0.2) is 0 Å². The average Bonchev–Trinajstić information content (AvgIpc) is 2.27. The molecule has 1 aromatic heterocycles. The van der Waals surface area contributed by atoms with Gasteiger partial charge in [0.2, 0.25) is 0 Å². The van der Waals surface area contributed by atoms with Crippen LogP contribution < -0.4 is 0 Å². The molecule has 0 aliphatic carbocycles. The number of fused-ring (bicyclic) bond motifs is 1. The van der Waals surface area contributed by atoms with Crippen molar-refractivity contribution in [1.29, 1.82) is 5.26 Å². The van der Waals surface area contributed by atoms with Crippen LogP contribution in [0.25, 0.3) is 10.9 Å². The molecule has 1 heterocycles. The number of rotatable bonds is 1. The van der Waals surface area contributed by atoms with Gasteiger partial charge in [-0.15, -0.1) is 0 Å². The molecule has 0 fully saturated rings. The van der Waals surface area contributed by atoms with Gasteiger partial charge in [-0.2, -0.15) is 5.26 Å². The highest BCUT2D eigenvalue weighted by atomic mass is 14.6. The lowest BCUT2D eigenvalue weighted by atomic mass is 10.0. The summed E-state index contributed by atoms with van der Waals surface area (Å²) in [5.74, 6) is -0.0559. The molecular formula is C12H10N2. The fourth-order valence-corrected chi connectivity index (χ4v) is 1.44. The number of hydrogen-bond donors (Lipinski definition) is 0. The van der Waals surface area contributed by atoms with Crippen LogP contribution in [0.15, 0.2) is 36.5 Å². The topological polar surface area (TPSA) is 36.7 Å². The highest BCUT2D eigenvalue weighted by Crippen LogP contribution is 2.19. The Labute approximate surface area is 82.8 Å². The molecule has 0 N–H and O–H groups in total. The lowest BCUT2D eigenvalue weighted by Gasteiger charge is -2.03. The largest absolute Gasteiger partial charge is 0.256 e. The second kappa shape index (κ2) is 3.47. The molecule has 0 aliphatic rings. The summed E-state index contributed by atoms with van der Waals surface area (Å²) in [5, 5.41) is 9.88. The maximum absolute atomic E-state index is 8.79. The molecule has 14 heavy (non-hydrogen) atoms. The zero-order chi connectivity index (χ0) is 9.97. The summed E-state index contributed by atoms with van der Waals surface area (Å²) >= 11 is 0. The van der Waals surface area contributed by atoms with E-state index in [1.165, 1.54) is 0 Å². The van der Waals surface area contributed by atoms with E-state index in [4.69, 9.17) is 5.26 Å². The van der Waals surface area contributed by atoms with Crippen molar-refractivity contribution in [3.63, 3.8) is 0 Å². The molecule has 68 valence electrons. The summed E-state index contributed by atoms with van der Waals surface area (Å²) < 4.78 is 0. The van der Waals surface area contributed by atoms with Crippen molar-refractivity contribution in [3.8, 4) is 6.07 Å². The molecule has 2 aromatic rings. The minimum atomic E-state index is -0.0559. The smallest absolute Gasteiger partial charge is 0.0702 e. The van der Waals surface area contributed by atoms with Gasteiger partial charge >= 0.3 is 0 Å². The Kier molecular flexibility index (Phi) is 2.16. The maximum atomic E-state index is 8.79. The van der Waals surface area contributed by atoms with E-state index in [0.717, 1.165) is 16.5 Å². The minimum Gasteiger partial charge on any atom is -0.256 e. The van der Waals surface area contributed by atoms with Crippen molar-refractivity contribution in [2.75, 3.05) is 0 Å². The number of nitrogens with zero attached hydrogens (tertiary/aromatic N) is 2. The lowest BCUT2D eigenvalue weighted by Crippen LogP contribution is -1.89. The van der Waals surface area contributed by atoms with Gasteiger partial charge in [0.1, 0.15) is 0 Å². The Morgan fingerprint density at radius 2 is 2.21 bits per heavy atom. The molecule has 0 amide bonds. The van der Waals surface area contributed by atoms with Crippen molar-refractivity contribution >= 4 is 10.9 Å². The number of benzene rings is 1. The first-order valence-corrected chi connectivity index (χ1v) is 4.55.